The van der Waals surface area contributed by atoms with Gasteiger partial charge < -0.3 is 15.4 Å². The smallest absolute Gasteiger partial charge is 0.236 e. The second-order valence-electron chi connectivity index (χ2n) is 6.30. The van der Waals surface area contributed by atoms with Crippen molar-refractivity contribution in [2.24, 2.45) is 0 Å². The first kappa shape index (κ1) is 18.2. The molecule has 1 amide bonds. The minimum Gasteiger partial charge on any atom is -0.381 e. The number of benzene rings is 1. The molecule has 1 atom stereocenters. The molecule has 0 aromatic heterocycles. The second kappa shape index (κ2) is 8.67. The van der Waals surface area contributed by atoms with E-state index in [2.05, 4.69) is 23.6 Å². The molecular weight excluding hydrogens is 312 g/mol. The number of carbonyl (C=O) groups excluding carboxylic acids is 1. The SMILES string of the molecule is CCCNC(=O)[C@H](C)NCC1(c2cccc(Cl)c2)CCOCC1. The predicted molar refractivity (Wildman–Crippen MR) is 93.9 cm³/mol. The first-order chi connectivity index (χ1) is 11.1. The summed E-state index contributed by atoms with van der Waals surface area (Å²) < 4.78 is 5.54. The summed E-state index contributed by atoms with van der Waals surface area (Å²) in [6.07, 6.45) is 2.82. The van der Waals surface area contributed by atoms with Gasteiger partial charge in [-0.2, -0.15) is 0 Å². The molecule has 128 valence electrons. The number of hydrogen-bond donors (Lipinski definition) is 2. The summed E-state index contributed by atoms with van der Waals surface area (Å²) in [5.41, 5.74) is 1.20. The van der Waals surface area contributed by atoms with Gasteiger partial charge in [-0.25, -0.2) is 0 Å². The standard InChI is InChI=1S/C18H27ClN2O2/c1-3-9-20-17(22)14(2)21-13-18(7-10-23-11-8-18)15-5-4-6-16(19)12-15/h4-6,12,14,21H,3,7-11,13H2,1-2H3,(H,20,22)/t14-/m0/s1. The second-order valence-corrected chi connectivity index (χ2v) is 6.73. The van der Waals surface area contributed by atoms with Gasteiger partial charge in [-0.15, -0.1) is 0 Å². The monoisotopic (exact) mass is 338 g/mol. The number of nitrogens with one attached hydrogen (secondary N) is 2. The fourth-order valence-electron chi connectivity index (χ4n) is 2.99. The molecule has 1 aromatic rings. The van der Waals surface area contributed by atoms with Crippen LogP contribution < -0.4 is 10.6 Å². The maximum atomic E-state index is 12.1. The molecule has 0 spiro atoms. The summed E-state index contributed by atoms with van der Waals surface area (Å²) in [5, 5.41) is 7.10. The van der Waals surface area contributed by atoms with Gasteiger partial charge >= 0.3 is 0 Å². The van der Waals surface area contributed by atoms with Gasteiger partial charge in [-0.05, 0) is 43.9 Å². The maximum absolute atomic E-state index is 12.1. The normalized spacial score (nSPS) is 18.4. The van der Waals surface area contributed by atoms with Gasteiger partial charge in [0, 0.05) is 36.7 Å². The van der Waals surface area contributed by atoms with Gasteiger partial charge in [0.2, 0.25) is 5.91 Å². The zero-order valence-electron chi connectivity index (χ0n) is 14.0. The van der Waals surface area contributed by atoms with Crippen LogP contribution in [-0.4, -0.2) is 38.3 Å². The fourth-order valence-corrected chi connectivity index (χ4v) is 3.18. The molecule has 23 heavy (non-hydrogen) atoms. The average molecular weight is 339 g/mol. The van der Waals surface area contributed by atoms with Crippen molar-refractivity contribution in [3.8, 4) is 0 Å². The molecule has 2 rings (SSSR count). The third-order valence-electron chi connectivity index (χ3n) is 4.58. The van der Waals surface area contributed by atoms with Crippen LogP contribution in [0, 0.1) is 0 Å². The Morgan fingerprint density at radius 1 is 1.39 bits per heavy atom. The van der Waals surface area contributed by atoms with E-state index in [0.717, 1.165) is 50.6 Å². The molecule has 0 bridgehead atoms. The van der Waals surface area contributed by atoms with Gasteiger partial charge in [0.15, 0.2) is 0 Å². The van der Waals surface area contributed by atoms with Crippen LogP contribution in [0.25, 0.3) is 0 Å². The van der Waals surface area contributed by atoms with E-state index in [4.69, 9.17) is 16.3 Å². The van der Waals surface area contributed by atoms with Crippen LogP contribution in [0.15, 0.2) is 24.3 Å². The Kier molecular flexibility index (Phi) is 6.88. The molecule has 1 fully saturated rings. The number of ether oxygens (including phenoxy) is 1. The highest BCUT2D eigenvalue weighted by Crippen LogP contribution is 2.35. The van der Waals surface area contributed by atoms with E-state index in [1.54, 1.807) is 0 Å². The van der Waals surface area contributed by atoms with Gasteiger partial charge in [-0.1, -0.05) is 30.7 Å². The Balaban J connectivity index is 2.06. The minimum absolute atomic E-state index is 0.0254. The summed E-state index contributed by atoms with van der Waals surface area (Å²) in [6.45, 7) is 6.91. The van der Waals surface area contributed by atoms with Crippen molar-refractivity contribution >= 4 is 17.5 Å². The largest absolute Gasteiger partial charge is 0.381 e. The first-order valence-electron chi connectivity index (χ1n) is 8.42. The van der Waals surface area contributed by atoms with Gasteiger partial charge in [0.05, 0.1) is 6.04 Å². The van der Waals surface area contributed by atoms with Crippen LogP contribution in [0.5, 0.6) is 0 Å². The van der Waals surface area contributed by atoms with E-state index in [1.807, 2.05) is 25.1 Å². The summed E-state index contributed by atoms with van der Waals surface area (Å²) in [4.78, 5) is 12.1. The number of carbonyl (C=O) groups is 1. The van der Waals surface area contributed by atoms with Crippen molar-refractivity contribution in [1.29, 1.82) is 0 Å². The summed E-state index contributed by atoms with van der Waals surface area (Å²) >= 11 is 6.18. The van der Waals surface area contributed by atoms with Crippen molar-refractivity contribution in [2.45, 2.75) is 44.6 Å². The molecule has 0 aliphatic carbocycles. The van der Waals surface area contributed by atoms with Crippen molar-refractivity contribution in [1.82, 2.24) is 10.6 Å². The Hall–Kier alpha value is -1.10. The van der Waals surface area contributed by atoms with E-state index in [0.29, 0.717) is 0 Å². The Morgan fingerprint density at radius 3 is 2.78 bits per heavy atom. The molecular formula is C18H27ClN2O2. The van der Waals surface area contributed by atoms with E-state index < -0.39 is 0 Å². The lowest BCUT2D eigenvalue weighted by Gasteiger charge is -2.38. The molecule has 4 nitrogen and oxygen atoms in total. The molecule has 1 aromatic carbocycles. The van der Waals surface area contributed by atoms with Crippen LogP contribution in [0.4, 0.5) is 0 Å². The molecule has 1 aliphatic rings. The molecule has 0 saturated carbocycles. The van der Waals surface area contributed by atoms with Crippen molar-refractivity contribution in [3.63, 3.8) is 0 Å². The molecule has 0 radical (unpaired) electrons. The van der Waals surface area contributed by atoms with Crippen LogP contribution in [0.1, 0.15) is 38.7 Å². The number of amides is 1. The summed E-state index contributed by atoms with van der Waals surface area (Å²) in [7, 11) is 0. The van der Waals surface area contributed by atoms with Crippen LogP contribution in [0.2, 0.25) is 5.02 Å². The average Bonchev–Trinajstić information content (AvgIpc) is 2.58. The molecule has 1 aliphatic heterocycles. The lowest BCUT2D eigenvalue weighted by atomic mass is 9.74. The molecule has 2 N–H and O–H groups in total. The van der Waals surface area contributed by atoms with Crippen LogP contribution in [0.3, 0.4) is 0 Å². The zero-order chi connectivity index (χ0) is 16.7. The Bertz CT molecular complexity index is 515. The Morgan fingerprint density at radius 2 is 2.13 bits per heavy atom. The first-order valence-corrected chi connectivity index (χ1v) is 8.80. The molecule has 5 heteroatoms. The lowest BCUT2D eigenvalue weighted by Crippen LogP contribution is -2.49. The molecule has 1 heterocycles. The molecule has 1 saturated heterocycles. The highest BCUT2D eigenvalue weighted by atomic mass is 35.5. The summed E-state index contributed by atoms with van der Waals surface area (Å²) in [5.74, 6) is 0.0557. The van der Waals surface area contributed by atoms with E-state index in [9.17, 15) is 4.79 Å². The van der Waals surface area contributed by atoms with E-state index >= 15 is 0 Å². The fraction of sp³-hybridized carbons (Fsp3) is 0.611. The highest BCUT2D eigenvalue weighted by molar-refractivity contribution is 6.30. The third-order valence-corrected chi connectivity index (χ3v) is 4.81. The van der Waals surface area contributed by atoms with E-state index in [1.165, 1.54) is 5.56 Å². The van der Waals surface area contributed by atoms with Crippen LogP contribution in [-0.2, 0) is 14.9 Å². The zero-order valence-corrected chi connectivity index (χ0v) is 14.8. The molecule has 0 unspecified atom stereocenters. The van der Waals surface area contributed by atoms with Crippen molar-refractivity contribution in [3.05, 3.63) is 34.9 Å². The maximum Gasteiger partial charge on any atom is 0.236 e. The van der Waals surface area contributed by atoms with Gasteiger partial charge in [0.1, 0.15) is 0 Å². The topological polar surface area (TPSA) is 50.4 Å². The van der Waals surface area contributed by atoms with E-state index in [-0.39, 0.29) is 17.4 Å². The number of hydrogen-bond acceptors (Lipinski definition) is 3. The number of rotatable bonds is 7. The highest BCUT2D eigenvalue weighted by Gasteiger charge is 2.35. The van der Waals surface area contributed by atoms with Crippen molar-refractivity contribution < 1.29 is 9.53 Å². The summed E-state index contributed by atoms with van der Waals surface area (Å²) in [6, 6.07) is 7.84. The minimum atomic E-state index is -0.208. The predicted octanol–water partition coefficient (Wildman–Crippen LogP) is 2.89. The van der Waals surface area contributed by atoms with Gasteiger partial charge in [0.25, 0.3) is 0 Å². The van der Waals surface area contributed by atoms with Crippen LogP contribution >= 0.6 is 11.6 Å². The Labute approximate surface area is 143 Å². The number of halogens is 1. The van der Waals surface area contributed by atoms with Gasteiger partial charge in [-0.3, -0.25) is 4.79 Å². The van der Waals surface area contributed by atoms with Crippen molar-refractivity contribution in [2.75, 3.05) is 26.3 Å². The quantitative estimate of drug-likeness (QED) is 0.803. The lowest BCUT2D eigenvalue weighted by molar-refractivity contribution is -0.122. The third kappa shape index (κ3) is 4.93.